The van der Waals surface area contributed by atoms with Crippen LogP contribution in [0.2, 0.25) is 0 Å². The average molecular weight is 351 g/mol. The van der Waals surface area contributed by atoms with Gasteiger partial charge in [0.2, 0.25) is 0 Å². The van der Waals surface area contributed by atoms with Crippen LogP contribution >= 0.6 is 0 Å². The van der Waals surface area contributed by atoms with Crippen molar-refractivity contribution in [1.29, 1.82) is 0 Å². The molecule has 136 valence electrons. The number of carbonyl (C=O) groups excluding carboxylic acids is 3. The van der Waals surface area contributed by atoms with Crippen molar-refractivity contribution in [1.82, 2.24) is 5.32 Å². The Labute approximate surface area is 145 Å². The molecule has 0 fully saturated rings. The van der Waals surface area contributed by atoms with Crippen LogP contribution in [0.4, 0.5) is 10.5 Å². The van der Waals surface area contributed by atoms with E-state index in [-0.39, 0.29) is 0 Å². The van der Waals surface area contributed by atoms with E-state index in [4.69, 9.17) is 4.74 Å². The Balaban J connectivity index is 2.75. The van der Waals surface area contributed by atoms with Gasteiger partial charge in [-0.2, -0.15) is 4.91 Å². The van der Waals surface area contributed by atoms with Gasteiger partial charge in [-0.1, -0.05) is 17.3 Å². The smallest absolute Gasteiger partial charge is 0.332 e. The predicted octanol–water partition coefficient (Wildman–Crippen LogP) is 2.13. The molecule has 0 aliphatic carbocycles. The third-order valence-corrected chi connectivity index (χ3v) is 3.37. The Bertz CT molecular complexity index is 631. The van der Waals surface area contributed by atoms with Crippen LogP contribution < -0.4 is 10.6 Å². The first-order valence-corrected chi connectivity index (χ1v) is 7.53. The quantitative estimate of drug-likeness (QED) is 0.573. The Kier molecular flexibility index (Phi) is 7.51. The lowest BCUT2D eigenvalue weighted by molar-refractivity contribution is -0.154. The molecule has 25 heavy (non-hydrogen) atoms. The van der Waals surface area contributed by atoms with E-state index in [1.807, 2.05) is 0 Å². The van der Waals surface area contributed by atoms with Gasteiger partial charge in [-0.25, -0.2) is 9.59 Å². The van der Waals surface area contributed by atoms with Crippen LogP contribution in [0.3, 0.4) is 0 Å². The second-order valence-corrected chi connectivity index (χ2v) is 5.32. The minimum Gasteiger partial charge on any atom is -0.467 e. The van der Waals surface area contributed by atoms with E-state index in [2.05, 4.69) is 20.5 Å². The Hall–Kier alpha value is -2.97. The van der Waals surface area contributed by atoms with Gasteiger partial charge in [0.25, 0.3) is 0 Å². The number of amides is 2. The molecule has 3 unspecified atom stereocenters. The SMILES string of the molecule is COC(=O)C(NC(=O)Nc1ccc(C(C)N=O)cc1)C(C)OC(C)=O. The Morgan fingerprint density at radius 1 is 1.12 bits per heavy atom. The fraction of sp³-hybridized carbons (Fsp3) is 0.438. The number of anilines is 1. The molecule has 1 aromatic rings. The van der Waals surface area contributed by atoms with Crippen LogP contribution in [-0.4, -0.2) is 37.2 Å². The van der Waals surface area contributed by atoms with E-state index in [9.17, 15) is 19.3 Å². The van der Waals surface area contributed by atoms with E-state index < -0.39 is 36.2 Å². The molecule has 2 amide bonds. The molecule has 1 aromatic carbocycles. The van der Waals surface area contributed by atoms with Crippen molar-refractivity contribution >= 4 is 23.7 Å². The third-order valence-electron chi connectivity index (χ3n) is 3.37. The minimum atomic E-state index is -1.16. The molecule has 0 aliphatic heterocycles. The largest absolute Gasteiger partial charge is 0.467 e. The van der Waals surface area contributed by atoms with Crippen molar-refractivity contribution in [2.24, 2.45) is 5.18 Å². The van der Waals surface area contributed by atoms with E-state index in [1.165, 1.54) is 13.8 Å². The first kappa shape index (κ1) is 20.1. The number of hydrogen-bond acceptors (Lipinski definition) is 7. The molecule has 1 rings (SSSR count). The number of ether oxygens (including phenoxy) is 2. The molecule has 0 aromatic heterocycles. The van der Waals surface area contributed by atoms with Crippen molar-refractivity contribution in [3.8, 4) is 0 Å². The number of hydrogen-bond donors (Lipinski definition) is 2. The Morgan fingerprint density at radius 3 is 2.20 bits per heavy atom. The number of nitrogens with one attached hydrogen (secondary N) is 2. The molecule has 0 spiro atoms. The summed E-state index contributed by atoms with van der Waals surface area (Å²) in [6.45, 7) is 4.31. The molecule has 0 heterocycles. The lowest BCUT2D eigenvalue weighted by Crippen LogP contribution is -2.50. The molecule has 0 aliphatic rings. The van der Waals surface area contributed by atoms with Gasteiger partial charge in [-0.05, 0) is 31.5 Å². The van der Waals surface area contributed by atoms with Crippen molar-refractivity contribution < 1.29 is 23.9 Å². The van der Waals surface area contributed by atoms with Crippen molar-refractivity contribution in [2.45, 2.75) is 39.0 Å². The van der Waals surface area contributed by atoms with Crippen LogP contribution in [0, 0.1) is 4.91 Å². The van der Waals surface area contributed by atoms with Gasteiger partial charge in [0.15, 0.2) is 6.04 Å². The molecule has 3 atom stereocenters. The van der Waals surface area contributed by atoms with Gasteiger partial charge in [-0.15, -0.1) is 0 Å². The summed E-state index contributed by atoms with van der Waals surface area (Å²) in [5, 5.41) is 7.85. The molecule has 0 radical (unpaired) electrons. The van der Waals surface area contributed by atoms with E-state index in [0.29, 0.717) is 11.3 Å². The van der Waals surface area contributed by atoms with Gasteiger partial charge < -0.3 is 20.1 Å². The van der Waals surface area contributed by atoms with E-state index in [0.717, 1.165) is 7.11 Å². The zero-order valence-electron chi connectivity index (χ0n) is 14.4. The highest BCUT2D eigenvalue weighted by Gasteiger charge is 2.30. The number of urea groups is 1. The summed E-state index contributed by atoms with van der Waals surface area (Å²) in [5.74, 6) is -1.33. The molecule has 0 saturated carbocycles. The number of methoxy groups -OCH3 is 1. The fourth-order valence-electron chi connectivity index (χ4n) is 2.04. The van der Waals surface area contributed by atoms with Crippen LogP contribution in [0.25, 0.3) is 0 Å². The van der Waals surface area contributed by atoms with Gasteiger partial charge >= 0.3 is 18.0 Å². The van der Waals surface area contributed by atoms with Gasteiger partial charge in [0.05, 0.1) is 7.11 Å². The molecule has 2 N–H and O–H groups in total. The number of rotatable bonds is 7. The molecule has 9 nitrogen and oxygen atoms in total. The van der Waals surface area contributed by atoms with Crippen molar-refractivity contribution in [2.75, 3.05) is 12.4 Å². The van der Waals surface area contributed by atoms with E-state index >= 15 is 0 Å². The molecule has 9 heteroatoms. The lowest BCUT2D eigenvalue weighted by atomic mass is 10.1. The molecular weight excluding hydrogens is 330 g/mol. The van der Waals surface area contributed by atoms with Crippen LogP contribution in [0.15, 0.2) is 29.4 Å². The summed E-state index contributed by atoms with van der Waals surface area (Å²) >= 11 is 0. The highest BCUT2D eigenvalue weighted by Crippen LogP contribution is 2.18. The highest BCUT2D eigenvalue weighted by molar-refractivity contribution is 5.92. The number of nitrogens with zero attached hydrogens (tertiary/aromatic N) is 1. The van der Waals surface area contributed by atoms with E-state index in [1.54, 1.807) is 31.2 Å². The maximum absolute atomic E-state index is 12.1. The number of esters is 2. The lowest BCUT2D eigenvalue weighted by Gasteiger charge is -2.22. The summed E-state index contributed by atoms with van der Waals surface area (Å²) < 4.78 is 9.53. The number of carbonyl (C=O) groups is 3. The average Bonchev–Trinajstić information content (AvgIpc) is 2.58. The third kappa shape index (κ3) is 6.21. The number of nitroso groups, excluding NO2 is 1. The van der Waals surface area contributed by atoms with Crippen LogP contribution in [0.1, 0.15) is 32.4 Å². The first-order valence-electron chi connectivity index (χ1n) is 7.53. The minimum absolute atomic E-state index is 0.447. The van der Waals surface area contributed by atoms with Gasteiger partial charge in [0, 0.05) is 12.6 Å². The maximum atomic E-state index is 12.1. The van der Waals surface area contributed by atoms with Gasteiger partial charge in [0.1, 0.15) is 12.1 Å². The fourth-order valence-corrected chi connectivity index (χ4v) is 2.04. The summed E-state index contributed by atoms with van der Waals surface area (Å²) in [7, 11) is 1.16. The predicted molar refractivity (Wildman–Crippen MR) is 89.8 cm³/mol. The van der Waals surface area contributed by atoms with Crippen molar-refractivity contribution in [3.05, 3.63) is 34.7 Å². The Morgan fingerprint density at radius 2 is 1.72 bits per heavy atom. The zero-order valence-corrected chi connectivity index (χ0v) is 14.4. The monoisotopic (exact) mass is 351 g/mol. The first-order chi connectivity index (χ1) is 11.8. The summed E-state index contributed by atoms with van der Waals surface area (Å²) in [6.07, 6.45) is -0.905. The van der Waals surface area contributed by atoms with Crippen LogP contribution in [-0.2, 0) is 19.1 Å². The van der Waals surface area contributed by atoms with Crippen molar-refractivity contribution in [3.63, 3.8) is 0 Å². The van der Waals surface area contributed by atoms with Gasteiger partial charge in [-0.3, -0.25) is 4.79 Å². The molecular formula is C16H21N3O6. The molecule has 0 bridgehead atoms. The maximum Gasteiger partial charge on any atom is 0.332 e. The number of benzene rings is 1. The van der Waals surface area contributed by atoms with Crippen LogP contribution in [0.5, 0.6) is 0 Å². The second-order valence-electron chi connectivity index (χ2n) is 5.32. The standard InChI is InChI=1S/C16H21N3O6/c1-9(19-23)12-5-7-13(8-6-12)17-16(22)18-14(15(21)24-4)10(2)25-11(3)20/h5-10,14H,1-4H3,(H2,17,18,22). The summed E-state index contributed by atoms with van der Waals surface area (Å²) in [5.41, 5.74) is 1.15. The topological polar surface area (TPSA) is 123 Å². The second kappa shape index (κ2) is 9.36. The molecule has 0 saturated heterocycles. The summed E-state index contributed by atoms with van der Waals surface area (Å²) in [6, 6.07) is 4.17. The normalized spacial score (nSPS) is 13.8. The zero-order chi connectivity index (χ0) is 19.0. The summed E-state index contributed by atoms with van der Waals surface area (Å²) in [4.78, 5) is 45.4. The highest BCUT2D eigenvalue weighted by atomic mass is 16.6.